The molecule has 0 saturated carbocycles. The SMILES string of the molecule is CCN(CC(C)C)c1ncccc1CNC. The molecule has 0 aliphatic carbocycles. The van der Waals surface area contributed by atoms with E-state index in [1.165, 1.54) is 5.56 Å². The summed E-state index contributed by atoms with van der Waals surface area (Å²) < 4.78 is 0. The molecular weight excluding hydrogens is 198 g/mol. The van der Waals surface area contributed by atoms with E-state index in [0.29, 0.717) is 5.92 Å². The number of pyridine rings is 1. The fourth-order valence-corrected chi connectivity index (χ4v) is 1.85. The summed E-state index contributed by atoms with van der Waals surface area (Å²) in [5.74, 6) is 1.78. The topological polar surface area (TPSA) is 28.2 Å². The van der Waals surface area contributed by atoms with Crippen LogP contribution in [0.5, 0.6) is 0 Å². The lowest BCUT2D eigenvalue weighted by Gasteiger charge is -2.26. The highest BCUT2D eigenvalue weighted by atomic mass is 15.2. The van der Waals surface area contributed by atoms with Gasteiger partial charge in [-0.05, 0) is 26.0 Å². The fourth-order valence-electron chi connectivity index (χ4n) is 1.85. The first-order valence-corrected chi connectivity index (χ1v) is 6.02. The average molecular weight is 221 g/mol. The molecule has 0 fully saturated rings. The van der Waals surface area contributed by atoms with Crippen LogP contribution in [0.2, 0.25) is 0 Å². The van der Waals surface area contributed by atoms with Crippen molar-refractivity contribution < 1.29 is 0 Å². The normalized spacial score (nSPS) is 10.8. The van der Waals surface area contributed by atoms with Gasteiger partial charge in [0.25, 0.3) is 0 Å². The second-order valence-electron chi connectivity index (χ2n) is 4.45. The summed E-state index contributed by atoms with van der Waals surface area (Å²) in [5.41, 5.74) is 1.27. The van der Waals surface area contributed by atoms with Crippen molar-refractivity contribution in [3.63, 3.8) is 0 Å². The van der Waals surface area contributed by atoms with Gasteiger partial charge >= 0.3 is 0 Å². The van der Waals surface area contributed by atoms with Crippen molar-refractivity contribution in [3.8, 4) is 0 Å². The largest absolute Gasteiger partial charge is 0.356 e. The molecule has 90 valence electrons. The average Bonchev–Trinajstić information content (AvgIpc) is 2.27. The van der Waals surface area contributed by atoms with Gasteiger partial charge in [-0.1, -0.05) is 19.9 Å². The summed E-state index contributed by atoms with van der Waals surface area (Å²) in [6.07, 6.45) is 1.87. The number of nitrogens with one attached hydrogen (secondary N) is 1. The van der Waals surface area contributed by atoms with Crippen LogP contribution >= 0.6 is 0 Å². The number of nitrogens with zero attached hydrogens (tertiary/aromatic N) is 2. The third-order valence-corrected chi connectivity index (χ3v) is 2.50. The third-order valence-electron chi connectivity index (χ3n) is 2.50. The van der Waals surface area contributed by atoms with E-state index >= 15 is 0 Å². The van der Waals surface area contributed by atoms with E-state index < -0.39 is 0 Å². The lowest BCUT2D eigenvalue weighted by molar-refractivity contribution is 0.611. The molecule has 1 aromatic heterocycles. The van der Waals surface area contributed by atoms with Gasteiger partial charge < -0.3 is 10.2 Å². The van der Waals surface area contributed by atoms with Gasteiger partial charge in [-0.15, -0.1) is 0 Å². The zero-order chi connectivity index (χ0) is 12.0. The Hall–Kier alpha value is -1.09. The van der Waals surface area contributed by atoms with E-state index in [0.717, 1.165) is 25.5 Å². The van der Waals surface area contributed by atoms with E-state index in [-0.39, 0.29) is 0 Å². The van der Waals surface area contributed by atoms with Crippen LogP contribution in [0.25, 0.3) is 0 Å². The summed E-state index contributed by atoms with van der Waals surface area (Å²) in [6, 6.07) is 4.14. The number of aromatic nitrogens is 1. The Kier molecular flexibility index (Phi) is 5.26. The van der Waals surface area contributed by atoms with Crippen LogP contribution < -0.4 is 10.2 Å². The molecule has 16 heavy (non-hydrogen) atoms. The Morgan fingerprint density at radius 3 is 2.75 bits per heavy atom. The van der Waals surface area contributed by atoms with Crippen LogP contribution in [0, 0.1) is 5.92 Å². The molecule has 1 aromatic rings. The molecule has 0 unspecified atom stereocenters. The second kappa shape index (κ2) is 6.48. The first-order valence-electron chi connectivity index (χ1n) is 6.02. The number of hydrogen-bond acceptors (Lipinski definition) is 3. The molecular formula is C13H23N3. The Morgan fingerprint density at radius 1 is 1.44 bits per heavy atom. The summed E-state index contributed by atoms with van der Waals surface area (Å²) in [4.78, 5) is 6.85. The summed E-state index contributed by atoms with van der Waals surface area (Å²) in [7, 11) is 1.97. The first-order chi connectivity index (χ1) is 7.69. The Balaban J connectivity index is 2.89. The predicted octanol–water partition coefficient (Wildman–Crippen LogP) is 2.28. The Labute approximate surface area is 98.9 Å². The van der Waals surface area contributed by atoms with E-state index in [9.17, 15) is 0 Å². The molecule has 0 aliphatic rings. The van der Waals surface area contributed by atoms with Gasteiger partial charge in [-0.3, -0.25) is 0 Å². The molecule has 3 nitrogen and oxygen atoms in total. The molecule has 0 amide bonds. The van der Waals surface area contributed by atoms with Crippen molar-refractivity contribution in [2.45, 2.75) is 27.3 Å². The standard InChI is InChI=1S/C13H23N3/c1-5-16(10-11(2)3)13-12(9-14-4)7-6-8-15-13/h6-8,11,14H,5,9-10H2,1-4H3. The summed E-state index contributed by atoms with van der Waals surface area (Å²) >= 11 is 0. The van der Waals surface area contributed by atoms with Crippen molar-refractivity contribution >= 4 is 5.82 Å². The molecule has 1 N–H and O–H groups in total. The highest BCUT2D eigenvalue weighted by Gasteiger charge is 2.11. The van der Waals surface area contributed by atoms with Crippen LogP contribution in [0.3, 0.4) is 0 Å². The Bertz CT molecular complexity index is 310. The van der Waals surface area contributed by atoms with E-state index in [2.05, 4.69) is 42.0 Å². The van der Waals surface area contributed by atoms with Crippen LogP contribution in [-0.4, -0.2) is 25.1 Å². The highest BCUT2D eigenvalue weighted by molar-refractivity contribution is 5.46. The molecule has 0 atom stereocenters. The smallest absolute Gasteiger partial charge is 0.133 e. The second-order valence-corrected chi connectivity index (χ2v) is 4.45. The number of hydrogen-bond donors (Lipinski definition) is 1. The van der Waals surface area contributed by atoms with Crippen molar-refractivity contribution in [1.82, 2.24) is 10.3 Å². The molecule has 0 aromatic carbocycles. The highest BCUT2D eigenvalue weighted by Crippen LogP contribution is 2.17. The maximum atomic E-state index is 4.51. The predicted molar refractivity (Wildman–Crippen MR) is 69.7 cm³/mol. The first kappa shape index (κ1) is 13.0. The lowest BCUT2D eigenvalue weighted by Crippen LogP contribution is -2.29. The molecule has 1 rings (SSSR count). The van der Waals surface area contributed by atoms with Gasteiger partial charge in [-0.2, -0.15) is 0 Å². The lowest BCUT2D eigenvalue weighted by atomic mass is 10.2. The van der Waals surface area contributed by atoms with Gasteiger partial charge in [-0.25, -0.2) is 4.98 Å². The van der Waals surface area contributed by atoms with E-state index in [1.54, 1.807) is 0 Å². The van der Waals surface area contributed by atoms with Crippen molar-refractivity contribution in [2.24, 2.45) is 5.92 Å². The van der Waals surface area contributed by atoms with Crippen LogP contribution in [0.4, 0.5) is 5.82 Å². The molecule has 0 radical (unpaired) electrons. The van der Waals surface area contributed by atoms with Gasteiger partial charge in [0.2, 0.25) is 0 Å². The van der Waals surface area contributed by atoms with E-state index in [1.807, 2.05) is 19.3 Å². The van der Waals surface area contributed by atoms with Gasteiger partial charge in [0.1, 0.15) is 5.82 Å². The van der Waals surface area contributed by atoms with Crippen molar-refractivity contribution in [1.29, 1.82) is 0 Å². The van der Waals surface area contributed by atoms with Crippen LogP contribution in [-0.2, 0) is 6.54 Å². The van der Waals surface area contributed by atoms with E-state index in [4.69, 9.17) is 0 Å². The van der Waals surface area contributed by atoms with Gasteiger partial charge in [0.15, 0.2) is 0 Å². The fraction of sp³-hybridized carbons (Fsp3) is 0.615. The monoisotopic (exact) mass is 221 g/mol. The quantitative estimate of drug-likeness (QED) is 0.799. The minimum atomic E-state index is 0.657. The molecule has 1 heterocycles. The number of anilines is 1. The molecule has 0 bridgehead atoms. The molecule has 0 aliphatic heterocycles. The zero-order valence-corrected chi connectivity index (χ0v) is 10.8. The zero-order valence-electron chi connectivity index (χ0n) is 10.8. The van der Waals surface area contributed by atoms with Gasteiger partial charge in [0.05, 0.1) is 0 Å². The minimum Gasteiger partial charge on any atom is -0.356 e. The maximum absolute atomic E-state index is 4.51. The summed E-state index contributed by atoms with van der Waals surface area (Å²) in [5, 5.41) is 3.19. The third kappa shape index (κ3) is 3.49. The minimum absolute atomic E-state index is 0.657. The Morgan fingerprint density at radius 2 is 2.19 bits per heavy atom. The van der Waals surface area contributed by atoms with Crippen molar-refractivity contribution in [3.05, 3.63) is 23.9 Å². The molecule has 0 spiro atoms. The maximum Gasteiger partial charge on any atom is 0.133 e. The van der Waals surface area contributed by atoms with Gasteiger partial charge in [0, 0.05) is 31.4 Å². The van der Waals surface area contributed by atoms with Crippen LogP contribution in [0.1, 0.15) is 26.3 Å². The van der Waals surface area contributed by atoms with Crippen LogP contribution in [0.15, 0.2) is 18.3 Å². The van der Waals surface area contributed by atoms with Crippen molar-refractivity contribution in [2.75, 3.05) is 25.0 Å². The molecule has 0 saturated heterocycles. The molecule has 3 heteroatoms. The number of rotatable bonds is 6. The summed E-state index contributed by atoms with van der Waals surface area (Å²) in [6.45, 7) is 9.60.